The molecule has 0 aliphatic rings. The second-order valence-electron chi connectivity index (χ2n) is 4.81. The van der Waals surface area contributed by atoms with E-state index in [4.69, 9.17) is 0 Å². The number of aryl methyl sites for hydroxylation is 1. The summed E-state index contributed by atoms with van der Waals surface area (Å²) in [7, 11) is -1.57. The predicted octanol–water partition coefficient (Wildman–Crippen LogP) is 1.34. The first-order valence-electron chi connectivity index (χ1n) is 6.85. The maximum Gasteiger partial charge on any atom is 0.475 e. The van der Waals surface area contributed by atoms with E-state index in [1.807, 2.05) is 37.3 Å². The van der Waals surface area contributed by atoms with Gasteiger partial charge in [0.1, 0.15) is 0 Å². The lowest BCUT2D eigenvalue weighted by Gasteiger charge is -2.17. The Labute approximate surface area is 120 Å². The van der Waals surface area contributed by atoms with Gasteiger partial charge in [-0.2, -0.15) is 0 Å². The summed E-state index contributed by atoms with van der Waals surface area (Å²) in [6.07, 6.45) is 5.33. The summed E-state index contributed by atoms with van der Waals surface area (Å²) < 4.78 is 0. The standard InChI is InChI=1S/C15H22BNO3/c1-4-6-14-9-12(7-8-13(14)5-2)10-15(16(19)20)17-11(3)18/h4,6-9,15,19-20H,5,10H2,1-3H3,(H,17,18)/b6-4-/t15-/m0/s1. The maximum atomic E-state index is 11.1. The molecule has 1 amide bonds. The first kappa shape index (κ1) is 16.5. The number of hydrogen-bond acceptors (Lipinski definition) is 3. The minimum atomic E-state index is -1.57. The molecule has 0 fully saturated rings. The Bertz CT molecular complexity index is 486. The molecule has 108 valence electrons. The molecule has 1 aromatic carbocycles. The fourth-order valence-electron chi connectivity index (χ4n) is 2.17. The van der Waals surface area contributed by atoms with Crippen molar-refractivity contribution in [3.8, 4) is 0 Å². The molecule has 5 heteroatoms. The molecule has 0 saturated carbocycles. The van der Waals surface area contributed by atoms with E-state index >= 15 is 0 Å². The van der Waals surface area contributed by atoms with E-state index in [0.29, 0.717) is 6.42 Å². The molecule has 3 N–H and O–H groups in total. The summed E-state index contributed by atoms with van der Waals surface area (Å²) in [5.41, 5.74) is 3.33. The van der Waals surface area contributed by atoms with Crippen LogP contribution in [0.4, 0.5) is 0 Å². The van der Waals surface area contributed by atoms with Gasteiger partial charge in [0.25, 0.3) is 0 Å². The van der Waals surface area contributed by atoms with E-state index in [-0.39, 0.29) is 5.91 Å². The van der Waals surface area contributed by atoms with Crippen molar-refractivity contribution in [2.75, 3.05) is 0 Å². The first-order valence-corrected chi connectivity index (χ1v) is 6.85. The van der Waals surface area contributed by atoms with Crippen LogP contribution in [0.5, 0.6) is 0 Å². The predicted molar refractivity (Wildman–Crippen MR) is 82.0 cm³/mol. The van der Waals surface area contributed by atoms with Crippen LogP contribution in [-0.4, -0.2) is 29.0 Å². The van der Waals surface area contributed by atoms with Gasteiger partial charge in [-0.05, 0) is 36.5 Å². The average Bonchev–Trinajstić information content (AvgIpc) is 2.38. The number of rotatable bonds is 6. The van der Waals surface area contributed by atoms with Crippen LogP contribution < -0.4 is 5.32 Å². The quantitative estimate of drug-likeness (QED) is 0.686. The number of benzene rings is 1. The summed E-state index contributed by atoms with van der Waals surface area (Å²) >= 11 is 0. The van der Waals surface area contributed by atoms with Gasteiger partial charge in [-0.25, -0.2) is 0 Å². The maximum absolute atomic E-state index is 11.1. The van der Waals surface area contributed by atoms with Crippen LogP contribution in [0.25, 0.3) is 6.08 Å². The molecule has 0 unspecified atom stereocenters. The average molecular weight is 275 g/mol. The molecule has 1 rings (SSSR count). The van der Waals surface area contributed by atoms with Crippen LogP contribution in [0.15, 0.2) is 24.3 Å². The van der Waals surface area contributed by atoms with Crippen molar-refractivity contribution in [2.24, 2.45) is 0 Å². The number of allylic oxidation sites excluding steroid dienone is 1. The van der Waals surface area contributed by atoms with Crippen LogP contribution in [-0.2, 0) is 17.6 Å². The smallest absolute Gasteiger partial charge is 0.426 e. The highest BCUT2D eigenvalue weighted by molar-refractivity contribution is 6.43. The highest BCUT2D eigenvalue weighted by Gasteiger charge is 2.24. The molecule has 4 nitrogen and oxygen atoms in total. The van der Waals surface area contributed by atoms with Gasteiger partial charge in [0, 0.05) is 6.92 Å². The van der Waals surface area contributed by atoms with E-state index in [2.05, 4.69) is 12.2 Å². The van der Waals surface area contributed by atoms with Crippen molar-refractivity contribution in [2.45, 2.75) is 39.6 Å². The highest BCUT2D eigenvalue weighted by Crippen LogP contribution is 2.16. The first-order chi connectivity index (χ1) is 9.47. The number of carbonyl (C=O) groups is 1. The fraction of sp³-hybridized carbons (Fsp3) is 0.400. The minimum Gasteiger partial charge on any atom is -0.426 e. The Kier molecular flexibility index (Phi) is 6.48. The highest BCUT2D eigenvalue weighted by atomic mass is 16.4. The van der Waals surface area contributed by atoms with Crippen molar-refractivity contribution in [3.63, 3.8) is 0 Å². The molecule has 0 heterocycles. The number of carbonyl (C=O) groups excluding carboxylic acids is 1. The molecule has 0 aliphatic carbocycles. The lowest BCUT2D eigenvalue weighted by molar-refractivity contribution is -0.119. The molecule has 0 spiro atoms. The summed E-state index contributed by atoms with van der Waals surface area (Å²) in [6.45, 7) is 5.42. The molecular weight excluding hydrogens is 253 g/mol. The second kappa shape index (κ2) is 7.87. The van der Waals surface area contributed by atoms with Crippen LogP contribution in [0.2, 0.25) is 0 Å². The zero-order valence-electron chi connectivity index (χ0n) is 12.3. The van der Waals surface area contributed by atoms with Crippen LogP contribution >= 0.6 is 0 Å². The van der Waals surface area contributed by atoms with Gasteiger partial charge >= 0.3 is 7.12 Å². The Morgan fingerprint density at radius 2 is 2.15 bits per heavy atom. The van der Waals surface area contributed by atoms with E-state index in [1.165, 1.54) is 12.5 Å². The van der Waals surface area contributed by atoms with Crippen molar-refractivity contribution < 1.29 is 14.8 Å². The molecule has 0 bridgehead atoms. The summed E-state index contributed by atoms with van der Waals surface area (Å²) in [5, 5.41) is 21.2. The van der Waals surface area contributed by atoms with Gasteiger partial charge in [-0.1, -0.05) is 37.3 Å². The van der Waals surface area contributed by atoms with Crippen LogP contribution in [0.1, 0.15) is 37.5 Å². The minimum absolute atomic E-state index is 0.276. The zero-order valence-corrected chi connectivity index (χ0v) is 12.3. The number of nitrogens with one attached hydrogen (secondary N) is 1. The van der Waals surface area contributed by atoms with E-state index in [0.717, 1.165) is 17.5 Å². The van der Waals surface area contributed by atoms with Gasteiger partial charge in [0.2, 0.25) is 5.91 Å². The van der Waals surface area contributed by atoms with Crippen LogP contribution in [0.3, 0.4) is 0 Å². The molecule has 20 heavy (non-hydrogen) atoms. The normalized spacial score (nSPS) is 12.4. The molecule has 1 aromatic rings. The van der Waals surface area contributed by atoms with Gasteiger partial charge in [-0.15, -0.1) is 0 Å². The third-order valence-electron chi connectivity index (χ3n) is 3.14. The van der Waals surface area contributed by atoms with E-state index < -0.39 is 13.1 Å². The molecular formula is C15H22BNO3. The van der Waals surface area contributed by atoms with Crippen molar-refractivity contribution >= 4 is 19.1 Å². The Morgan fingerprint density at radius 3 is 2.65 bits per heavy atom. The lowest BCUT2D eigenvalue weighted by atomic mass is 9.75. The molecule has 0 aliphatic heterocycles. The van der Waals surface area contributed by atoms with Gasteiger partial charge in [0.15, 0.2) is 0 Å². The van der Waals surface area contributed by atoms with E-state index in [1.54, 1.807) is 0 Å². The second-order valence-corrected chi connectivity index (χ2v) is 4.81. The largest absolute Gasteiger partial charge is 0.475 e. The number of hydrogen-bond donors (Lipinski definition) is 3. The van der Waals surface area contributed by atoms with Crippen LogP contribution in [0, 0.1) is 0 Å². The Morgan fingerprint density at radius 1 is 1.45 bits per heavy atom. The third kappa shape index (κ3) is 4.83. The van der Waals surface area contributed by atoms with Crippen molar-refractivity contribution in [1.29, 1.82) is 0 Å². The number of amides is 1. The fourth-order valence-corrected chi connectivity index (χ4v) is 2.17. The summed E-state index contributed by atoms with van der Waals surface area (Å²) in [6, 6.07) is 6.03. The summed E-state index contributed by atoms with van der Waals surface area (Å²) in [5.74, 6) is -0.972. The van der Waals surface area contributed by atoms with Crippen molar-refractivity contribution in [3.05, 3.63) is 41.0 Å². The lowest BCUT2D eigenvalue weighted by Crippen LogP contribution is -2.47. The molecule has 0 saturated heterocycles. The van der Waals surface area contributed by atoms with Crippen molar-refractivity contribution in [1.82, 2.24) is 5.32 Å². The van der Waals surface area contributed by atoms with Gasteiger partial charge in [-0.3, -0.25) is 4.79 Å². The Hall–Kier alpha value is -1.59. The zero-order chi connectivity index (χ0) is 15.1. The molecule has 0 aromatic heterocycles. The Balaban J connectivity index is 2.95. The molecule has 1 atom stereocenters. The third-order valence-corrected chi connectivity index (χ3v) is 3.14. The monoisotopic (exact) mass is 275 g/mol. The molecule has 0 radical (unpaired) electrons. The summed E-state index contributed by atoms with van der Waals surface area (Å²) in [4.78, 5) is 11.1. The SMILES string of the molecule is C/C=C\c1cc(C[C@H](NC(C)=O)B(O)O)ccc1CC. The van der Waals surface area contributed by atoms with E-state index in [9.17, 15) is 14.8 Å². The van der Waals surface area contributed by atoms with Gasteiger partial charge in [0.05, 0.1) is 5.94 Å². The topological polar surface area (TPSA) is 69.6 Å². The van der Waals surface area contributed by atoms with Gasteiger partial charge < -0.3 is 15.4 Å².